The molecule has 2 aliphatic rings. The van der Waals surface area contributed by atoms with Gasteiger partial charge in [0.1, 0.15) is 11.8 Å². The first kappa shape index (κ1) is 17.6. The molecule has 0 bridgehead atoms. The Labute approximate surface area is 155 Å². The molecule has 7 heteroatoms. The Morgan fingerprint density at radius 1 is 1.07 bits per heavy atom. The number of para-hydroxylation sites is 2. The van der Waals surface area contributed by atoms with Crippen molar-refractivity contribution in [2.75, 3.05) is 23.3 Å². The van der Waals surface area contributed by atoms with Gasteiger partial charge in [-0.2, -0.15) is 0 Å². The van der Waals surface area contributed by atoms with Crippen LogP contribution in [0.4, 0.5) is 20.2 Å². The lowest BCUT2D eigenvalue weighted by Crippen LogP contribution is -2.46. The highest BCUT2D eigenvalue weighted by Gasteiger charge is 2.34. The fourth-order valence-corrected chi connectivity index (χ4v) is 3.50. The molecule has 4 rings (SSSR count). The first-order valence-electron chi connectivity index (χ1n) is 9.00. The van der Waals surface area contributed by atoms with Crippen LogP contribution in [0.15, 0.2) is 36.4 Å². The Morgan fingerprint density at radius 2 is 1.67 bits per heavy atom. The maximum atomic E-state index is 14.4. The Hall–Kier alpha value is -2.83. The lowest BCUT2D eigenvalue weighted by Gasteiger charge is -2.31. The Morgan fingerprint density at radius 3 is 2.30 bits per heavy atom. The van der Waals surface area contributed by atoms with Crippen LogP contribution in [-0.2, 0) is 4.79 Å². The number of nitrogens with zero attached hydrogens (tertiary/aromatic N) is 1. The van der Waals surface area contributed by atoms with Crippen LogP contribution in [0, 0.1) is 11.6 Å². The molecule has 1 N–H and O–H groups in total. The molecular weight excluding hydrogens is 354 g/mol. The van der Waals surface area contributed by atoms with Gasteiger partial charge in [-0.25, -0.2) is 8.78 Å². The fraction of sp³-hybridized carbons (Fsp3) is 0.350. The van der Waals surface area contributed by atoms with Gasteiger partial charge in [0, 0.05) is 18.8 Å². The lowest BCUT2D eigenvalue weighted by atomic mass is 10.1. The second-order valence-electron chi connectivity index (χ2n) is 6.78. The Kier molecular flexibility index (Phi) is 4.59. The standard InChI is InChI=1S/C20H20F2N2O3/c1-12-19(27-17-7-3-2-6-16(17)26-12)20(25)23-13-10-14(21)18(15(22)11-13)24-8-4-5-9-24/h2-3,6-7,10-12,19H,4-5,8-9H2,1H3,(H,23,25). The van der Waals surface area contributed by atoms with E-state index < -0.39 is 29.7 Å². The van der Waals surface area contributed by atoms with Crippen LogP contribution in [0.1, 0.15) is 19.8 Å². The first-order chi connectivity index (χ1) is 13.0. The topological polar surface area (TPSA) is 50.8 Å². The summed E-state index contributed by atoms with van der Waals surface area (Å²) < 4.78 is 40.3. The number of carbonyl (C=O) groups is 1. The number of carbonyl (C=O) groups excluding carboxylic acids is 1. The molecule has 1 fully saturated rings. The maximum Gasteiger partial charge on any atom is 0.269 e. The molecule has 0 spiro atoms. The van der Waals surface area contributed by atoms with Crippen molar-refractivity contribution in [1.82, 2.24) is 0 Å². The highest BCUT2D eigenvalue weighted by atomic mass is 19.1. The molecule has 2 aromatic rings. The van der Waals surface area contributed by atoms with Gasteiger partial charge in [0.25, 0.3) is 5.91 Å². The molecular formula is C20H20F2N2O3. The molecule has 1 amide bonds. The number of rotatable bonds is 3. The third-order valence-corrected chi connectivity index (χ3v) is 4.81. The third-order valence-electron chi connectivity index (χ3n) is 4.81. The number of hydrogen-bond acceptors (Lipinski definition) is 4. The highest BCUT2D eigenvalue weighted by Crippen LogP contribution is 2.34. The van der Waals surface area contributed by atoms with E-state index in [1.165, 1.54) is 0 Å². The number of amides is 1. The Balaban J connectivity index is 1.51. The predicted octanol–water partition coefficient (Wildman–Crippen LogP) is 3.73. The maximum absolute atomic E-state index is 14.4. The lowest BCUT2D eigenvalue weighted by molar-refractivity contribution is -0.128. The molecule has 2 heterocycles. The molecule has 2 aromatic carbocycles. The van der Waals surface area contributed by atoms with Crippen molar-refractivity contribution in [2.45, 2.75) is 32.0 Å². The summed E-state index contributed by atoms with van der Waals surface area (Å²) in [6.07, 6.45) is 0.355. The van der Waals surface area contributed by atoms with Crippen molar-refractivity contribution in [2.24, 2.45) is 0 Å². The molecule has 0 aromatic heterocycles. The number of hydrogen-bond donors (Lipinski definition) is 1. The SMILES string of the molecule is CC1Oc2ccccc2OC1C(=O)Nc1cc(F)c(N2CCCC2)c(F)c1. The summed E-state index contributed by atoms with van der Waals surface area (Å²) in [5.74, 6) is -0.888. The van der Waals surface area contributed by atoms with E-state index in [4.69, 9.17) is 9.47 Å². The molecule has 2 aliphatic heterocycles. The molecule has 142 valence electrons. The second-order valence-corrected chi connectivity index (χ2v) is 6.78. The molecule has 0 saturated carbocycles. The van der Waals surface area contributed by atoms with Crippen LogP contribution in [0.2, 0.25) is 0 Å². The van der Waals surface area contributed by atoms with Crippen LogP contribution in [-0.4, -0.2) is 31.2 Å². The van der Waals surface area contributed by atoms with E-state index in [1.54, 1.807) is 30.0 Å². The summed E-state index contributed by atoms with van der Waals surface area (Å²) in [5, 5.41) is 2.53. The van der Waals surface area contributed by atoms with Gasteiger partial charge in [0.2, 0.25) is 6.10 Å². The second kappa shape index (κ2) is 7.06. The molecule has 2 atom stereocenters. The fourth-order valence-electron chi connectivity index (χ4n) is 3.50. The zero-order valence-electron chi connectivity index (χ0n) is 14.9. The van der Waals surface area contributed by atoms with Crippen molar-refractivity contribution in [3.8, 4) is 11.5 Å². The van der Waals surface area contributed by atoms with Crippen LogP contribution < -0.4 is 19.7 Å². The summed E-state index contributed by atoms with van der Waals surface area (Å²) in [5.41, 5.74) is 0.0117. The largest absolute Gasteiger partial charge is 0.482 e. The van der Waals surface area contributed by atoms with Gasteiger partial charge in [-0.15, -0.1) is 0 Å². The summed E-state index contributed by atoms with van der Waals surface area (Å²) in [7, 11) is 0. The number of fused-ring (bicyclic) bond motifs is 1. The minimum absolute atomic E-state index is 0.0370. The monoisotopic (exact) mass is 374 g/mol. The predicted molar refractivity (Wildman–Crippen MR) is 97.4 cm³/mol. The average molecular weight is 374 g/mol. The smallest absolute Gasteiger partial charge is 0.269 e. The van der Waals surface area contributed by atoms with E-state index in [-0.39, 0.29) is 11.4 Å². The van der Waals surface area contributed by atoms with Crippen LogP contribution in [0.3, 0.4) is 0 Å². The van der Waals surface area contributed by atoms with Crippen molar-refractivity contribution < 1.29 is 23.0 Å². The molecule has 0 aliphatic carbocycles. The number of anilines is 2. The molecule has 5 nitrogen and oxygen atoms in total. The zero-order chi connectivity index (χ0) is 19.0. The Bertz CT molecular complexity index is 845. The molecule has 1 saturated heterocycles. The van der Waals surface area contributed by atoms with E-state index in [1.807, 2.05) is 6.07 Å². The van der Waals surface area contributed by atoms with Gasteiger partial charge in [0.05, 0.1) is 0 Å². The van der Waals surface area contributed by atoms with E-state index in [0.29, 0.717) is 24.6 Å². The minimum Gasteiger partial charge on any atom is -0.482 e. The van der Waals surface area contributed by atoms with Crippen LogP contribution in [0.25, 0.3) is 0 Å². The molecule has 2 unspecified atom stereocenters. The van der Waals surface area contributed by atoms with Crippen molar-refractivity contribution in [1.29, 1.82) is 0 Å². The van der Waals surface area contributed by atoms with Gasteiger partial charge in [0.15, 0.2) is 23.1 Å². The van der Waals surface area contributed by atoms with Crippen LogP contribution >= 0.6 is 0 Å². The molecule has 0 radical (unpaired) electrons. The normalized spacial score (nSPS) is 21.2. The first-order valence-corrected chi connectivity index (χ1v) is 9.00. The van der Waals surface area contributed by atoms with E-state index in [0.717, 1.165) is 25.0 Å². The van der Waals surface area contributed by atoms with E-state index >= 15 is 0 Å². The summed E-state index contributed by atoms with van der Waals surface area (Å²) >= 11 is 0. The van der Waals surface area contributed by atoms with Gasteiger partial charge in [-0.3, -0.25) is 4.79 Å². The average Bonchev–Trinajstić information content (AvgIpc) is 3.14. The quantitative estimate of drug-likeness (QED) is 0.890. The van der Waals surface area contributed by atoms with Crippen LogP contribution in [0.5, 0.6) is 11.5 Å². The molecule has 27 heavy (non-hydrogen) atoms. The van der Waals surface area contributed by atoms with Gasteiger partial charge in [-0.1, -0.05) is 12.1 Å². The highest BCUT2D eigenvalue weighted by molar-refractivity contribution is 5.95. The number of benzene rings is 2. The third kappa shape index (κ3) is 3.41. The van der Waals surface area contributed by atoms with E-state index in [9.17, 15) is 13.6 Å². The summed E-state index contributed by atoms with van der Waals surface area (Å²) in [6, 6.07) is 9.30. The van der Waals surface area contributed by atoms with E-state index in [2.05, 4.69) is 5.32 Å². The summed E-state index contributed by atoms with van der Waals surface area (Å²) in [6.45, 7) is 2.96. The van der Waals surface area contributed by atoms with Gasteiger partial charge < -0.3 is 19.7 Å². The number of nitrogens with one attached hydrogen (secondary N) is 1. The van der Waals surface area contributed by atoms with Crippen molar-refractivity contribution >= 4 is 17.3 Å². The van der Waals surface area contributed by atoms with Gasteiger partial charge >= 0.3 is 0 Å². The summed E-state index contributed by atoms with van der Waals surface area (Å²) in [4.78, 5) is 14.3. The minimum atomic E-state index is -0.927. The van der Waals surface area contributed by atoms with Gasteiger partial charge in [-0.05, 0) is 44.0 Å². The zero-order valence-corrected chi connectivity index (χ0v) is 14.9. The number of ether oxygens (including phenoxy) is 2. The van der Waals surface area contributed by atoms with Crippen molar-refractivity contribution in [3.05, 3.63) is 48.0 Å². The number of halogens is 2. The van der Waals surface area contributed by atoms with Crippen molar-refractivity contribution in [3.63, 3.8) is 0 Å².